The average molecular weight is 339 g/mol. The Morgan fingerprint density at radius 1 is 1.24 bits per heavy atom. The van der Waals surface area contributed by atoms with Crippen molar-refractivity contribution in [1.82, 2.24) is 24.8 Å². The maximum Gasteiger partial charge on any atom is 0.257 e. The van der Waals surface area contributed by atoms with Crippen LogP contribution in [0.3, 0.4) is 0 Å². The van der Waals surface area contributed by atoms with Crippen molar-refractivity contribution in [3.05, 3.63) is 54.1 Å². The van der Waals surface area contributed by atoms with E-state index < -0.39 is 0 Å². The SMILES string of the molecule is Cc1cnn(CC2CN(Cc3noc(-c4ccccc4)n3)CCO2)c1. The largest absolute Gasteiger partial charge is 0.374 e. The van der Waals surface area contributed by atoms with Gasteiger partial charge in [0, 0.05) is 24.8 Å². The summed E-state index contributed by atoms with van der Waals surface area (Å²) in [5.41, 5.74) is 2.10. The van der Waals surface area contributed by atoms with Crippen molar-refractivity contribution in [2.45, 2.75) is 26.1 Å². The molecule has 1 fully saturated rings. The lowest BCUT2D eigenvalue weighted by Crippen LogP contribution is -2.43. The molecule has 3 aromatic rings. The van der Waals surface area contributed by atoms with Crippen LogP contribution in [0, 0.1) is 6.92 Å². The first-order chi connectivity index (χ1) is 12.3. The standard InChI is InChI=1S/C18H21N5O2/c1-14-9-19-23(10-14)12-16-11-22(7-8-24-16)13-17-20-18(25-21-17)15-5-3-2-4-6-15/h2-6,9-10,16H,7-8,11-13H2,1H3. The molecule has 1 saturated heterocycles. The van der Waals surface area contributed by atoms with Gasteiger partial charge in [-0.05, 0) is 24.6 Å². The molecule has 1 atom stereocenters. The number of morpholine rings is 1. The summed E-state index contributed by atoms with van der Waals surface area (Å²) in [4.78, 5) is 6.80. The Hall–Kier alpha value is -2.51. The van der Waals surface area contributed by atoms with Crippen LogP contribution in [-0.2, 0) is 17.8 Å². The third-order valence-electron chi connectivity index (χ3n) is 4.23. The highest BCUT2D eigenvalue weighted by atomic mass is 16.5. The number of nitrogens with zero attached hydrogens (tertiary/aromatic N) is 5. The third kappa shape index (κ3) is 3.94. The predicted octanol–water partition coefficient (Wildman–Crippen LogP) is 2.14. The molecule has 0 N–H and O–H groups in total. The van der Waals surface area contributed by atoms with Crippen LogP contribution in [0.1, 0.15) is 11.4 Å². The third-order valence-corrected chi connectivity index (χ3v) is 4.23. The van der Waals surface area contributed by atoms with Crippen molar-refractivity contribution < 1.29 is 9.26 Å². The Morgan fingerprint density at radius 3 is 2.92 bits per heavy atom. The van der Waals surface area contributed by atoms with Crippen molar-refractivity contribution in [2.24, 2.45) is 0 Å². The fourth-order valence-corrected chi connectivity index (χ4v) is 3.03. The molecule has 0 bridgehead atoms. The van der Waals surface area contributed by atoms with Crippen molar-refractivity contribution >= 4 is 0 Å². The maximum absolute atomic E-state index is 5.87. The topological polar surface area (TPSA) is 69.2 Å². The molecule has 4 rings (SSSR count). The molecule has 3 heterocycles. The van der Waals surface area contributed by atoms with E-state index >= 15 is 0 Å². The molecule has 0 aliphatic carbocycles. The summed E-state index contributed by atoms with van der Waals surface area (Å²) in [7, 11) is 0. The van der Waals surface area contributed by atoms with Crippen molar-refractivity contribution in [2.75, 3.05) is 19.7 Å². The van der Waals surface area contributed by atoms with Crippen LogP contribution in [0.5, 0.6) is 0 Å². The summed E-state index contributed by atoms with van der Waals surface area (Å²) < 4.78 is 13.2. The highest BCUT2D eigenvalue weighted by Gasteiger charge is 2.22. The molecule has 0 saturated carbocycles. The fraction of sp³-hybridized carbons (Fsp3) is 0.389. The van der Waals surface area contributed by atoms with Crippen LogP contribution < -0.4 is 0 Å². The Balaban J connectivity index is 1.37. The number of ether oxygens (including phenoxy) is 1. The van der Waals surface area contributed by atoms with Gasteiger partial charge in [0.25, 0.3) is 5.89 Å². The van der Waals surface area contributed by atoms with Crippen LogP contribution in [0.25, 0.3) is 11.5 Å². The summed E-state index contributed by atoms with van der Waals surface area (Å²) in [5, 5.41) is 8.45. The zero-order valence-corrected chi connectivity index (χ0v) is 14.2. The summed E-state index contributed by atoms with van der Waals surface area (Å²) >= 11 is 0. The van der Waals surface area contributed by atoms with Crippen LogP contribution in [0.15, 0.2) is 47.2 Å². The minimum atomic E-state index is 0.119. The Labute approximate surface area is 146 Å². The van der Waals surface area contributed by atoms with E-state index in [0.29, 0.717) is 24.9 Å². The normalized spacial score (nSPS) is 18.5. The molecular weight excluding hydrogens is 318 g/mol. The quantitative estimate of drug-likeness (QED) is 0.709. The number of benzene rings is 1. The second-order valence-corrected chi connectivity index (χ2v) is 6.35. The summed E-state index contributed by atoms with van der Waals surface area (Å²) in [6, 6.07) is 9.82. The lowest BCUT2D eigenvalue weighted by Gasteiger charge is -2.32. The van der Waals surface area contributed by atoms with E-state index in [1.165, 1.54) is 0 Å². The van der Waals surface area contributed by atoms with Gasteiger partial charge < -0.3 is 9.26 Å². The van der Waals surface area contributed by atoms with Crippen molar-refractivity contribution in [3.63, 3.8) is 0 Å². The van der Waals surface area contributed by atoms with Crippen molar-refractivity contribution in [1.29, 1.82) is 0 Å². The molecule has 130 valence electrons. The second kappa shape index (κ2) is 7.16. The van der Waals surface area contributed by atoms with Gasteiger partial charge in [-0.2, -0.15) is 10.1 Å². The minimum Gasteiger partial charge on any atom is -0.374 e. The number of aromatic nitrogens is 4. The fourth-order valence-electron chi connectivity index (χ4n) is 3.03. The predicted molar refractivity (Wildman–Crippen MR) is 91.7 cm³/mol. The maximum atomic E-state index is 5.87. The average Bonchev–Trinajstić information content (AvgIpc) is 3.25. The lowest BCUT2D eigenvalue weighted by atomic mass is 10.2. The minimum absolute atomic E-state index is 0.119. The van der Waals surface area contributed by atoms with Gasteiger partial charge in [-0.15, -0.1) is 0 Å². The van der Waals surface area contributed by atoms with Gasteiger partial charge in [0.05, 0.1) is 32.0 Å². The molecule has 7 nitrogen and oxygen atoms in total. The Kier molecular flexibility index (Phi) is 4.58. The van der Waals surface area contributed by atoms with E-state index in [2.05, 4.69) is 20.1 Å². The number of hydrogen-bond donors (Lipinski definition) is 0. The zero-order chi connectivity index (χ0) is 17.1. The first kappa shape index (κ1) is 16.0. The van der Waals surface area contributed by atoms with Gasteiger partial charge in [0.15, 0.2) is 5.82 Å². The summed E-state index contributed by atoms with van der Waals surface area (Å²) in [6.07, 6.45) is 4.02. The lowest BCUT2D eigenvalue weighted by molar-refractivity contribution is -0.0410. The van der Waals surface area contributed by atoms with E-state index in [0.717, 1.165) is 30.8 Å². The summed E-state index contributed by atoms with van der Waals surface area (Å²) in [5.74, 6) is 1.27. The summed E-state index contributed by atoms with van der Waals surface area (Å²) in [6.45, 7) is 5.85. The van der Waals surface area contributed by atoms with Gasteiger partial charge >= 0.3 is 0 Å². The highest BCUT2D eigenvalue weighted by molar-refractivity contribution is 5.51. The molecule has 7 heteroatoms. The molecule has 2 aromatic heterocycles. The molecule has 1 aliphatic heterocycles. The second-order valence-electron chi connectivity index (χ2n) is 6.35. The molecule has 0 spiro atoms. The molecule has 1 aliphatic rings. The van der Waals surface area contributed by atoms with E-state index in [9.17, 15) is 0 Å². The Bertz CT molecular complexity index is 814. The molecule has 0 radical (unpaired) electrons. The van der Waals surface area contributed by atoms with Crippen molar-refractivity contribution in [3.8, 4) is 11.5 Å². The van der Waals surface area contributed by atoms with Gasteiger partial charge in [-0.1, -0.05) is 23.4 Å². The molecular formula is C18H21N5O2. The first-order valence-electron chi connectivity index (χ1n) is 8.47. The van der Waals surface area contributed by atoms with Crippen LogP contribution in [0.4, 0.5) is 0 Å². The molecule has 1 aromatic carbocycles. The number of rotatable bonds is 5. The highest BCUT2D eigenvalue weighted by Crippen LogP contribution is 2.17. The van der Waals surface area contributed by atoms with E-state index in [1.54, 1.807) is 0 Å². The van der Waals surface area contributed by atoms with E-state index in [-0.39, 0.29) is 6.10 Å². The zero-order valence-electron chi connectivity index (χ0n) is 14.2. The Morgan fingerprint density at radius 2 is 2.12 bits per heavy atom. The molecule has 0 amide bonds. The number of aryl methyl sites for hydroxylation is 1. The molecule has 25 heavy (non-hydrogen) atoms. The number of hydrogen-bond acceptors (Lipinski definition) is 6. The smallest absolute Gasteiger partial charge is 0.257 e. The van der Waals surface area contributed by atoms with Gasteiger partial charge in [-0.3, -0.25) is 9.58 Å². The van der Waals surface area contributed by atoms with Crippen LogP contribution in [-0.4, -0.2) is 50.6 Å². The monoisotopic (exact) mass is 339 g/mol. The van der Waals surface area contributed by atoms with E-state index in [4.69, 9.17) is 9.26 Å². The first-order valence-corrected chi connectivity index (χ1v) is 8.47. The van der Waals surface area contributed by atoms with Gasteiger partial charge in [0.2, 0.25) is 0 Å². The van der Waals surface area contributed by atoms with Gasteiger partial charge in [0.1, 0.15) is 0 Å². The molecule has 1 unspecified atom stereocenters. The van der Waals surface area contributed by atoms with Gasteiger partial charge in [-0.25, -0.2) is 0 Å². The van der Waals surface area contributed by atoms with Crippen LogP contribution in [0.2, 0.25) is 0 Å². The van der Waals surface area contributed by atoms with E-state index in [1.807, 2.05) is 54.3 Å². The van der Waals surface area contributed by atoms with Crippen LogP contribution >= 0.6 is 0 Å².